The van der Waals surface area contributed by atoms with Crippen LogP contribution in [0.5, 0.6) is 0 Å². The maximum Gasteiger partial charge on any atom is 0.248 e. The Labute approximate surface area is 106 Å². The third kappa shape index (κ3) is 2.37. The molecule has 0 bridgehead atoms. The van der Waals surface area contributed by atoms with Crippen molar-refractivity contribution < 1.29 is 14.3 Å². The number of hydrogen-bond donors (Lipinski definition) is 0. The molecule has 0 saturated heterocycles. The number of aromatic nitrogens is 3. The minimum atomic E-state index is -0.0325. The summed E-state index contributed by atoms with van der Waals surface area (Å²) in [4.78, 5) is 13.6. The van der Waals surface area contributed by atoms with Crippen molar-refractivity contribution in [1.29, 1.82) is 0 Å². The lowest BCUT2D eigenvalue weighted by atomic mass is 9.99. The minimum absolute atomic E-state index is 0.0325. The van der Waals surface area contributed by atoms with Crippen LogP contribution >= 0.6 is 0 Å². The van der Waals surface area contributed by atoms with Crippen LogP contribution in [0, 0.1) is 0 Å². The molecule has 7 heteroatoms. The van der Waals surface area contributed by atoms with E-state index >= 15 is 0 Å². The van der Waals surface area contributed by atoms with Crippen LogP contribution in [0.3, 0.4) is 0 Å². The first-order valence-electron chi connectivity index (χ1n) is 5.81. The summed E-state index contributed by atoms with van der Waals surface area (Å²) in [6, 6.07) is 0. The fourth-order valence-electron chi connectivity index (χ4n) is 2.36. The van der Waals surface area contributed by atoms with Gasteiger partial charge in [-0.05, 0) is 0 Å². The molecule has 0 saturated carbocycles. The van der Waals surface area contributed by atoms with Crippen molar-refractivity contribution in [3.63, 3.8) is 0 Å². The van der Waals surface area contributed by atoms with Crippen LogP contribution in [0.1, 0.15) is 17.3 Å². The molecule has 1 unspecified atom stereocenters. The quantitative estimate of drug-likeness (QED) is 0.727. The Morgan fingerprint density at radius 1 is 1.44 bits per heavy atom. The number of carbonyl (C=O) groups excluding carboxylic acids is 1. The maximum absolute atomic E-state index is 11.9. The number of carbonyl (C=O) groups is 1. The predicted octanol–water partition coefficient (Wildman–Crippen LogP) is -0.466. The lowest BCUT2D eigenvalue weighted by Crippen LogP contribution is -2.41. The highest BCUT2D eigenvalue weighted by Gasteiger charge is 2.32. The van der Waals surface area contributed by atoms with Crippen LogP contribution < -0.4 is 0 Å². The highest BCUT2D eigenvalue weighted by atomic mass is 16.5. The summed E-state index contributed by atoms with van der Waals surface area (Å²) in [5, 5.41) is 8.12. The van der Waals surface area contributed by atoms with Gasteiger partial charge in [0.1, 0.15) is 12.3 Å². The molecule has 0 aromatic carbocycles. The van der Waals surface area contributed by atoms with Gasteiger partial charge in [0.15, 0.2) is 0 Å². The largest absolute Gasteiger partial charge is 0.384 e. The molecule has 1 aliphatic rings. The summed E-state index contributed by atoms with van der Waals surface area (Å²) < 4.78 is 11.9. The molecular weight excluding hydrogens is 236 g/mol. The summed E-state index contributed by atoms with van der Waals surface area (Å²) in [5.74, 6) is 0.0782. The van der Waals surface area contributed by atoms with E-state index in [-0.39, 0.29) is 18.4 Å². The van der Waals surface area contributed by atoms with E-state index in [9.17, 15) is 4.79 Å². The number of ether oxygens (including phenoxy) is 2. The van der Waals surface area contributed by atoms with E-state index in [0.29, 0.717) is 19.7 Å². The van der Waals surface area contributed by atoms with Crippen molar-refractivity contribution in [2.24, 2.45) is 7.05 Å². The summed E-state index contributed by atoms with van der Waals surface area (Å²) >= 11 is 0. The fourth-order valence-corrected chi connectivity index (χ4v) is 2.36. The Bertz CT molecular complexity index is 432. The van der Waals surface area contributed by atoms with E-state index in [4.69, 9.17) is 9.47 Å². The van der Waals surface area contributed by atoms with Gasteiger partial charge in [-0.25, -0.2) is 0 Å². The number of hydrogen-bond acceptors (Lipinski definition) is 5. The zero-order chi connectivity index (χ0) is 13.1. The Balaban J connectivity index is 2.21. The van der Waals surface area contributed by atoms with Gasteiger partial charge in [-0.3, -0.25) is 9.48 Å². The Morgan fingerprint density at radius 2 is 2.22 bits per heavy atom. The van der Waals surface area contributed by atoms with Crippen LogP contribution in [-0.2, 0) is 27.9 Å². The number of amides is 1. The maximum atomic E-state index is 11.9. The van der Waals surface area contributed by atoms with Gasteiger partial charge in [0.2, 0.25) is 5.91 Å². The summed E-state index contributed by atoms with van der Waals surface area (Å²) in [6.45, 7) is 1.75. The topological polar surface area (TPSA) is 69.5 Å². The predicted molar refractivity (Wildman–Crippen MR) is 62.9 cm³/mol. The Morgan fingerprint density at radius 3 is 2.89 bits per heavy atom. The fraction of sp³-hybridized carbons (Fsp3) is 0.727. The average Bonchev–Trinajstić information content (AvgIpc) is 2.72. The van der Waals surface area contributed by atoms with Gasteiger partial charge in [0.05, 0.1) is 18.8 Å². The highest BCUT2D eigenvalue weighted by Crippen LogP contribution is 2.26. The van der Waals surface area contributed by atoms with E-state index in [1.165, 1.54) is 7.11 Å². The molecule has 0 radical (unpaired) electrons. The molecule has 100 valence electrons. The average molecular weight is 254 g/mol. The molecule has 0 aliphatic carbocycles. The molecule has 1 atom stereocenters. The molecular formula is C11H18N4O3. The van der Waals surface area contributed by atoms with Crippen molar-refractivity contribution in [3.05, 3.63) is 11.4 Å². The highest BCUT2D eigenvalue weighted by molar-refractivity contribution is 5.77. The van der Waals surface area contributed by atoms with Crippen LogP contribution in [0.25, 0.3) is 0 Å². The molecule has 2 heterocycles. The standard InChI is InChI=1S/C11H18N4O3/c1-14-11-8(6-17-2)4-15(10(16)7-18-3)5-9(11)12-13-14/h8H,4-7H2,1-3H3. The summed E-state index contributed by atoms with van der Waals surface area (Å²) in [7, 11) is 5.03. The molecule has 1 aliphatic heterocycles. The van der Waals surface area contributed by atoms with Gasteiger partial charge in [0.25, 0.3) is 0 Å². The van der Waals surface area contributed by atoms with Gasteiger partial charge in [0, 0.05) is 33.7 Å². The molecule has 7 nitrogen and oxygen atoms in total. The second kappa shape index (κ2) is 5.45. The number of methoxy groups -OCH3 is 2. The van der Waals surface area contributed by atoms with Gasteiger partial charge in [-0.2, -0.15) is 0 Å². The molecule has 1 aromatic rings. The van der Waals surface area contributed by atoms with Gasteiger partial charge in [-0.1, -0.05) is 5.21 Å². The van der Waals surface area contributed by atoms with Crippen molar-refractivity contribution in [2.75, 3.05) is 34.0 Å². The number of fused-ring (bicyclic) bond motifs is 1. The lowest BCUT2D eigenvalue weighted by molar-refractivity contribution is -0.136. The third-order valence-electron chi connectivity index (χ3n) is 3.10. The molecule has 0 fully saturated rings. The van der Waals surface area contributed by atoms with Crippen molar-refractivity contribution in [2.45, 2.75) is 12.5 Å². The third-order valence-corrected chi connectivity index (χ3v) is 3.10. The molecule has 1 aromatic heterocycles. The molecule has 0 spiro atoms. The smallest absolute Gasteiger partial charge is 0.248 e. The number of aryl methyl sites for hydroxylation is 1. The zero-order valence-corrected chi connectivity index (χ0v) is 10.9. The molecule has 0 N–H and O–H groups in total. The van der Waals surface area contributed by atoms with Crippen LogP contribution in [0.4, 0.5) is 0 Å². The van der Waals surface area contributed by atoms with Gasteiger partial charge < -0.3 is 14.4 Å². The van der Waals surface area contributed by atoms with E-state index in [1.807, 2.05) is 7.05 Å². The SMILES string of the molecule is COCC(=O)N1Cc2nnn(C)c2C(COC)C1. The first kappa shape index (κ1) is 13.0. The van der Waals surface area contributed by atoms with E-state index < -0.39 is 0 Å². The van der Waals surface area contributed by atoms with Crippen LogP contribution in [-0.4, -0.2) is 59.8 Å². The Hall–Kier alpha value is -1.47. The minimum Gasteiger partial charge on any atom is -0.384 e. The van der Waals surface area contributed by atoms with E-state index in [0.717, 1.165) is 11.4 Å². The first-order chi connectivity index (χ1) is 8.67. The molecule has 1 amide bonds. The van der Waals surface area contributed by atoms with Crippen molar-refractivity contribution >= 4 is 5.91 Å². The van der Waals surface area contributed by atoms with E-state index in [2.05, 4.69) is 10.3 Å². The molecule has 2 rings (SSSR count). The zero-order valence-electron chi connectivity index (χ0n) is 10.9. The second-order valence-electron chi connectivity index (χ2n) is 4.40. The summed E-state index contributed by atoms with van der Waals surface area (Å²) in [6.07, 6.45) is 0. The molecule has 18 heavy (non-hydrogen) atoms. The second-order valence-corrected chi connectivity index (χ2v) is 4.40. The summed E-state index contributed by atoms with van der Waals surface area (Å²) in [5.41, 5.74) is 1.90. The monoisotopic (exact) mass is 254 g/mol. The Kier molecular flexibility index (Phi) is 3.93. The number of nitrogens with zero attached hydrogens (tertiary/aromatic N) is 4. The van der Waals surface area contributed by atoms with Crippen molar-refractivity contribution in [3.8, 4) is 0 Å². The number of rotatable bonds is 4. The first-order valence-corrected chi connectivity index (χ1v) is 5.81. The lowest BCUT2D eigenvalue weighted by Gasteiger charge is -2.31. The van der Waals surface area contributed by atoms with Crippen LogP contribution in [0.2, 0.25) is 0 Å². The normalized spacial score (nSPS) is 18.8. The van der Waals surface area contributed by atoms with E-state index in [1.54, 1.807) is 16.7 Å². The van der Waals surface area contributed by atoms with Gasteiger partial charge in [-0.15, -0.1) is 5.10 Å². The van der Waals surface area contributed by atoms with Crippen LogP contribution in [0.15, 0.2) is 0 Å². The van der Waals surface area contributed by atoms with Gasteiger partial charge >= 0.3 is 0 Å². The van der Waals surface area contributed by atoms with Crippen molar-refractivity contribution in [1.82, 2.24) is 19.9 Å².